The van der Waals surface area contributed by atoms with Gasteiger partial charge < -0.3 is 0 Å². The molecule has 1 N–H and O–H groups in total. The predicted molar refractivity (Wildman–Crippen MR) is 58.2 cm³/mol. The van der Waals surface area contributed by atoms with Gasteiger partial charge in [-0.05, 0) is 12.5 Å². The topological polar surface area (TPSA) is 23.9 Å². The van der Waals surface area contributed by atoms with E-state index in [0.717, 1.165) is 0 Å². The molecular weight excluding hydrogens is 198 g/mol. The van der Waals surface area contributed by atoms with E-state index in [1.165, 1.54) is 38.7 Å². The van der Waals surface area contributed by atoms with E-state index in [-0.39, 0.29) is 0 Å². The van der Waals surface area contributed by atoms with Crippen LogP contribution in [0.1, 0.15) is 5.56 Å². The van der Waals surface area contributed by atoms with Crippen molar-refractivity contribution >= 4 is 22.7 Å². The summed E-state index contributed by atoms with van der Waals surface area (Å²) in [6, 6.07) is 8.41. The first-order valence-corrected chi connectivity index (χ1v) is 5.65. The Hall–Kier alpha value is -0.930. The second kappa shape index (κ2) is 3.44. The SMILES string of the molecule is Cc1ccc(-c2csc(=N)s2)cc1. The summed E-state index contributed by atoms with van der Waals surface area (Å²) in [7, 11) is 0. The van der Waals surface area contributed by atoms with Crippen molar-refractivity contribution in [3.05, 3.63) is 39.2 Å². The van der Waals surface area contributed by atoms with Gasteiger partial charge in [0.1, 0.15) is 0 Å². The van der Waals surface area contributed by atoms with Crippen molar-refractivity contribution < 1.29 is 0 Å². The fourth-order valence-electron chi connectivity index (χ4n) is 1.10. The summed E-state index contributed by atoms with van der Waals surface area (Å²) in [5.41, 5.74) is 2.49. The van der Waals surface area contributed by atoms with Crippen molar-refractivity contribution in [1.29, 1.82) is 5.41 Å². The summed E-state index contributed by atoms with van der Waals surface area (Å²) in [5.74, 6) is 0. The molecule has 0 spiro atoms. The van der Waals surface area contributed by atoms with Crippen LogP contribution in [0, 0.1) is 12.3 Å². The van der Waals surface area contributed by atoms with Crippen LogP contribution in [-0.4, -0.2) is 0 Å². The first kappa shape index (κ1) is 8.66. The van der Waals surface area contributed by atoms with Gasteiger partial charge in [-0.25, -0.2) is 0 Å². The van der Waals surface area contributed by atoms with Crippen LogP contribution < -0.4 is 3.98 Å². The minimum absolute atomic E-state index is 0.663. The molecule has 1 aromatic carbocycles. The summed E-state index contributed by atoms with van der Waals surface area (Å²) in [4.78, 5) is 1.19. The Labute approximate surface area is 84.8 Å². The maximum absolute atomic E-state index is 7.44. The minimum atomic E-state index is 0.663. The zero-order chi connectivity index (χ0) is 9.26. The lowest BCUT2D eigenvalue weighted by atomic mass is 10.1. The molecule has 2 rings (SSSR count). The van der Waals surface area contributed by atoms with Gasteiger partial charge >= 0.3 is 0 Å². The smallest absolute Gasteiger partial charge is 0.163 e. The van der Waals surface area contributed by atoms with Gasteiger partial charge in [-0.1, -0.05) is 29.8 Å². The van der Waals surface area contributed by atoms with Gasteiger partial charge in [-0.2, -0.15) is 0 Å². The molecule has 1 heterocycles. The van der Waals surface area contributed by atoms with Crippen molar-refractivity contribution in [3.8, 4) is 10.4 Å². The van der Waals surface area contributed by atoms with E-state index >= 15 is 0 Å². The van der Waals surface area contributed by atoms with Gasteiger partial charge in [0.15, 0.2) is 3.98 Å². The van der Waals surface area contributed by atoms with Gasteiger partial charge in [0.05, 0.1) is 0 Å². The normalized spacial score (nSPS) is 10.2. The molecule has 0 fully saturated rings. The van der Waals surface area contributed by atoms with Crippen LogP contribution in [0.4, 0.5) is 0 Å². The molecule has 1 aromatic heterocycles. The van der Waals surface area contributed by atoms with E-state index in [0.29, 0.717) is 3.98 Å². The van der Waals surface area contributed by atoms with Crippen molar-refractivity contribution in [2.45, 2.75) is 6.92 Å². The Morgan fingerprint density at radius 3 is 2.38 bits per heavy atom. The molecule has 0 aliphatic carbocycles. The second-order valence-corrected chi connectivity index (χ2v) is 5.05. The zero-order valence-electron chi connectivity index (χ0n) is 7.20. The third kappa shape index (κ3) is 1.87. The Kier molecular flexibility index (Phi) is 2.29. The highest BCUT2D eigenvalue weighted by Crippen LogP contribution is 2.23. The highest BCUT2D eigenvalue weighted by atomic mass is 32.2. The predicted octanol–water partition coefficient (Wildman–Crippen LogP) is 3.26. The summed E-state index contributed by atoms with van der Waals surface area (Å²) < 4.78 is 0.663. The Balaban J connectivity index is 2.47. The van der Waals surface area contributed by atoms with Crippen LogP contribution >= 0.6 is 22.7 Å². The maximum atomic E-state index is 7.44. The number of nitrogens with one attached hydrogen (secondary N) is 1. The van der Waals surface area contributed by atoms with Crippen LogP contribution in [0.25, 0.3) is 10.4 Å². The monoisotopic (exact) mass is 207 g/mol. The lowest BCUT2D eigenvalue weighted by molar-refractivity contribution is 1.41. The number of rotatable bonds is 1. The van der Waals surface area contributed by atoms with Gasteiger partial charge in [0, 0.05) is 10.3 Å². The Morgan fingerprint density at radius 1 is 1.15 bits per heavy atom. The van der Waals surface area contributed by atoms with Crippen LogP contribution in [-0.2, 0) is 0 Å². The van der Waals surface area contributed by atoms with Gasteiger partial charge in [0.25, 0.3) is 0 Å². The summed E-state index contributed by atoms with van der Waals surface area (Å²) >= 11 is 3.02. The van der Waals surface area contributed by atoms with Crippen LogP contribution in [0.5, 0.6) is 0 Å². The largest absolute Gasteiger partial charge is 0.281 e. The molecule has 2 aromatic rings. The first-order chi connectivity index (χ1) is 6.25. The molecular formula is C10H9NS2. The fourth-order valence-corrected chi connectivity index (χ4v) is 2.85. The highest BCUT2D eigenvalue weighted by Gasteiger charge is 1.98. The number of benzene rings is 1. The van der Waals surface area contributed by atoms with Gasteiger partial charge in [-0.3, -0.25) is 5.41 Å². The number of aryl methyl sites for hydroxylation is 1. The first-order valence-electron chi connectivity index (χ1n) is 3.96. The number of hydrogen-bond acceptors (Lipinski definition) is 3. The quantitative estimate of drug-likeness (QED) is 0.742. The van der Waals surface area contributed by atoms with Crippen LogP contribution in [0.3, 0.4) is 0 Å². The molecule has 0 saturated carbocycles. The summed E-state index contributed by atoms with van der Waals surface area (Å²) in [5, 5.41) is 9.48. The lowest BCUT2D eigenvalue weighted by Crippen LogP contribution is -1.76. The molecule has 13 heavy (non-hydrogen) atoms. The van der Waals surface area contributed by atoms with E-state index in [9.17, 15) is 0 Å². The van der Waals surface area contributed by atoms with Crippen LogP contribution in [0.2, 0.25) is 0 Å². The standard InChI is InChI=1S/C10H9NS2/c1-7-2-4-8(5-3-7)9-6-12-10(11)13-9/h2-6,11H,1H3. The third-order valence-electron chi connectivity index (χ3n) is 1.81. The highest BCUT2D eigenvalue weighted by molar-refractivity contribution is 7.28. The van der Waals surface area contributed by atoms with E-state index in [1.54, 1.807) is 0 Å². The molecule has 1 nitrogen and oxygen atoms in total. The van der Waals surface area contributed by atoms with E-state index < -0.39 is 0 Å². The number of hydrogen-bond donors (Lipinski definition) is 1. The molecule has 0 aliphatic heterocycles. The zero-order valence-corrected chi connectivity index (χ0v) is 8.84. The molecule has 0 amide bonds. The average Bonchev–Trinajstić information content (AvgIpc) is 2.53. The van der Waals surface area contributed by atoms with E-state index in [1.807, 2.05) is 5.38 Å². The summed E-state index contributed by atoms with van der Waals surface area (Å²) in [6.07, 6.45) is 0. The molecule has 0 radical (unpaired) electrons. The fraction of sp³-hybridized carbons (Fsp3) is 0.100. The second-order valence-electron chi connectivity index (χ2n) is 2.86. The van der Waals surface area contributed by atoms with Gasteiger partial charge in [0.2, 0.25) is 0 Å². The molecule has 3 heteroatoms. The molecule has 0 unspecified atom stereocenters. The molecule has 0 bridgehead atoms. The molecule has 0 saturated heterocycles. The van der Waals surface area contributed by atoms with Crippen molar-refractivity contribution in [2.75, 3.05) is 0 Å². The van der Waals surface area contributed by atoms with Crippen LogP contribution in [0.15, 0.2) is 29.6 Å². The molecule has 0 aliphatic rings. The average molecular weight is 207 g/mol. The minimum Gasteiger partial charge on any atom is -0.281 e. The summed E-state index contributed by atoms with van der Waals surface area (Å²) in [6.45, 7) is 2.08. The Morgan fingerprint density at radius 2 is 1.85 bits per heavy atom. The van der Waals surface area contributed by atoms with Crippen molar-refractivity contribution in [1.82, 2.24) is 0 Å². The Bertz CT molecular complexity index is 450. The van der Waals surface area contributed by atoms with Crippen molar-refractivity contribution in [3.63, 3.8) is 0 Å². The van der Waals surface area contributed by atoms with Gasteiger partial charge in [-0.15, -0.1) is 22.7 Å². The van der Waals surface area contributed by atoms with E-state index in [4.69, 9.17) is 5.41 Å². The third-order valence-corrected chi connectivity index (χ3v) is 3.83. The lowest BCUT2D eigenvalue weighted by Gasteiger charge is -1.96. The molecule has 0 atom stereocenters. The van der Waals surface area contributed by atoms with Crippen molar-refractivity contribution in [2.24, 2.45) is 0 Å². The molecule has 66 valence electrons. The van der Waals surface area contributed by atoms with E-state index in [2.05, 4.69) is 31.2 Å². The maximum Gasteiger partial charge on any atom is 0.163 e.